The van der Waals surface area contributed by atoms with Crippen molar-refractivity contribution in [3.8, 4) is 23.0 Å². The molecule has 10 heteroatoms. The molecule has 0 unspecified atom stereocenters. The van der Waals surface area contributed by atoms with E-state index in [0.29, 0.717) is 56.6 Å². The van der Waals surface area contributed by atoms with Gasteiger partial charge in [-0.25, -0.2) is 4.99 Å². The van der Waals surface area contributed by atoms with Gasteiger partial charge in [0.15, 0.2) is 5.58 Å². The van der Waals surface area contributed by atoms with Crippen molar-refractivity contribution in [3.05, 3.63) is 71.0 Å². The van der Waals surface area contributed by atoms with Gasteiger partial charge in [0.25, 0.3) is 5.91 Å². The Kier molecular flexibility index (Phi) is 7.59. The van der Waals surface area contributed by atoms with Gasteiger partial charge in [-0.05, 0) is 37.3 Å². The van der Waals surface area contributed by atoms with Crippen LogP contribution in [0, 0.1) is 6.92 Å². The summed E-state index contributed by atoms with van der Waals surface area (Å²) in [4.78, 5) is 22.5. The topological polar surface area (TPSA) is 125 Å². The molecule has 0 bridgehead atoms. The van der Waals surface area contributed by atoms with Gasteiger partial charge in [0.1, 0.15) is 34.2 Å². The van der Waals surface area contributed by atoms with Crippen molar-refractivity contribution in [1.29, 1.82) is 0 Å². The summed E-state index contributed by atoms with van der Waals surface area (Å²) >= 11 is 0. The van der Waals surface area contributed by atoms with Crippen molar-refractivity contribution >= 4 is 28.3 Å². The van der Waals surface area contributed by atoms with E-state index in [9.17, 15) is 9.90 Å². The van der Waals surface area contributed by atoms with Crippen LogP contribution in [0.25, 0.3) is 11.0 Å². The predicted octanol–water partition coefficient (Wildman–Crippen LogP) is 4.15. The quantitative estimate of drug-likeness (QED) is 0.366. The third-order valence-electron chi connectivity index (χ3n) is 5.73. The third kappa shape index (κ3) is 5.19. The van der Waals surface area contributed by atoms with Crippen LogP contribution >= 0.6 is 0 Å². The van der Waals surface area contributed by atoms with Crippen LogP contribution in [-0.2, 0) is 6.61 Å². The first kappa shape index (κ1) is 25.5. The van der Waals surface area contributed by atoms with E-state index in [1.54, 1.807) is 69.8 Å². The molecule has 0 aliphatic carbocycles. The van der Waals surface area contributed by atoms with Crippen LogP contribution in [0.15, 0.2) is 58.1 Å². The molecule has 2 heterocycles. The normalized spacial score (nSPS) is 11.4. The maximum atomic E-state index is 13.6. The van der Waals surface area contributed by atoms with Crippen molar-refractivity contribution in [3.63, 3.8) is 0 Å². The molecule has 4 aromatic rings. The van der Waals surface area contributed by atoms with E-state index >= 15 is 0 Å². The maximum Gasteiger partial charge on any atom is 0.261 e. The fourth-order valence-electron chi connectivity index (χ4n) is 3.74. The van der Waals surface area contributed by atoms with E-state index < -0.39 is 5.91 Å². The van der Waals surface area contributed by atoms with Crippen LogP contribution < -0.4 is 29.8 Å². The van der Waals surface area contributed by atoms with E-state index in [1.165, 1.54) is 14.2 Å². The van der Waals surface area contributed by atoms with Gasteiger partial charge in [0, 0.05) is 29.3 Å². The van der Waals surface area contributed by atoms with Gasteiger partial charge < -0.3 is 33.8 Å². The number of carbonyl (C=O) groups excluding carboxylic acids is 1. The van der Waals surface area contributed by atoms with Gasteiger partial charge in [-0.2, -0.15) is 0 Å². The van der Waals surface area contributed by atoms with Crippen molar-refractivity contribution in [2.75, 3.05) is 33.8 Å². The zero-order valence-corrected chi connectivity index (χ0v) is 21.1. The number of anilines is 1. The van der Waals surface area contributed by atoms with Crippen LogP contribution in [0.5, 0.6) is 23.0 Å². The first-order valence-electron chi connectivity index (χ1n) is 11.3. The van der Waals surface area contributed by atoms with E-state index in [2.05, 4.69) is 15.3 Å². The fraction of sp³-hybridized carbons (Fsp3) is 0.222. The van der Waals surface area contributed by atoms with Crippen molar-refractivity contribution in [2.24, 2.45) is 4.99 Å². The zero-order chi connectivity index (χ0) is 26.5. The maximum absolute atomic E-state index is 13.6. The number of nitrogens with one attached hydrogen (secondary N) is 1. The molecule has 192 valence electrons. The van der Waals surface area contributed by atoms with Gasteiger partial charge in [-0.15, -0.1) is 0 Å². The predicted molar refractivity (Wildman–Crippen MR) is 137 cm³/mol. The molecule has 0 fully saturated rings. The molecule has 0 radical (unpaired) electrons. The standard InChI is InChI=1S/C27H27N3O7/c1-15-25-19(16(14-31)13-28-15)12-20(26(32)29-21-8-6-17(33-2)10-23(21)35-4)27(37-25)30-22-9-7-18(34-3)11-24(22)36-5/h6-13,31H,14H2,1-5H3,(H,29,32). The second kappa shape index (κ2) is 11.0. The summed E-state index contributed by atoms with van der Waals surface area (Å²) in [5, 5.41) is 13.3. The Hall–Kier alpha value is -4.57. The summed E-state index contributed by atoms with van der Waals surface area (Å²) < 4.78 is 27.5. The highest BCUT2D eigenvalue weighted by Gasteiger charge is 2.19. The lowest BCUT2D eigenvalue weighted by atomic mass is 10.1. The molecule has 0 aliphatic rings. The highest BCUT2D eigenvalue weighted by molar-refractivity contribution is 6.06. The number of amides is 1. The summed E-state index contributed by atoms with van der Waals surface area (Å²) in [5.41, 5.74) is 2.49. The molecular formula is C27H27N3O7. The van der Waals surface area contributed by atoms with E-state index in [-0.39, 0.29) is 17.7 Å². The number of hydrogen-bond donors (Lipinski definition) is 2. The van der Waals surface area contributed by atoms with Gasteiger partial charge in [-0.3, -0.25) is 9.78 Å². The Labute approximate surface area is 213 Å². The molecule has 10 nitrogen and oxygen atoms in total. The zero-order valence-electron chi connectivity index (χ0n) is 21.1. The van der Waals surface area contributed by atoms with Crippen molar-refractivity contribution in [2.45, 2.75) is 13.5 Å². The number of ether oxygens (including phenoxy) is 4. The molecular weight excluding hydrogens is 478 g/mol. The number of methoxy groups -OCH3 is 4. The molecule has 2 N–H and O–H groups in total. The number of aliphatic hydroxyl groups excluding tert-OH is 1. The van der Waals surface area contributed by atoms with Crippen LogP contribution in [0.4, 0.5) is 11.4 Å². The SMILES string of the molecule is COc1ccc(N=c2oc3c(C)ncc(CO)c3cc2C(=O)Nc2ccc(OC)cc2OC)c(OC)c1. The Bertz CT molecular complexity index is 1530. The van der Waals surface area contributed by atoms with Gasteiger partial charge in [0.2, 0.25) is 5.55 Å². The van der Waals surface area contributed by atoms with E-state index in [4.69, 9.17) is 23.4 Å². The van der Waals surface area contributed by atoms with Crippen LogP contribution in [0.2, 0.25) is 0 Å². The van der Waals surface area contributed by atoms with Crippen LogP contribution in [-0.4, -0.2) is 44.4 Å². The molecule has 4 rings (SSSR count). The number of hydrogen-bond acceptors (Lipinski definition) is 9. The summed E-state index contributed by atoms with van der Waals surface area (Å²) in [6.07, 6.45) is 1.55. The number of benzene rings is 2. The molecule has 0 aliphatic heterocycles. The van der Waals surface area contributed by atoms with Gasteiger partial charge in [0.05, 0.1) is 46.4 Å². The minimum atomic E-state index is -0.501. The monoisotopic (exact) mass is 505 g/mol. The molecule has 37 heavy (non-hydrogen) atoms. The Morgan fingerprint density at radius 2 is 1.65 bits per heavy atom. The number of carbonyl (C=O) groups is 1. The smallest absolute Gasteiger partial charge is 0.261 e. The van der Waals surface area contributed by atoms with Crippen molar-refractivity contribution in [1.82, 2.24) is 4.98 Å². The van der Waals surface area contributed by atoms with E-state index in [0.717, 1.165) is 0 Å². The number of aryl methyl sites for hydroxylation is 1. The fourth-order valence-corrected chi connectivity index (χ4v) is 3.74. The first-order chi connectivity index (χ1) is 17.9. The Morgan fingerprint density at radius 1 is 0.973 bits per heavy atom. The lowest BCUT2D eigenvalue weighted by molar-refractivity contribution is 0.102. The summed E-state index contributed by atoms with van der Waals surface area (Å²) in [7, 11) is 6.10. The number of nitrogens with zero attached hydrogens (tertiary/aromatic N) is 2. The Morgan fingerprint density at radius 3 is 2.30 bits per heavy atom. The number of aromatic nitrogens is 1. The number of pyridine rings is 1. The molecule has 0 spiro atoms. The Balaban J connectivity index is 1.93. The third-order valence-corrected chi connectivity index (χ3v) is 5.73. The molecule has 0 saturated heterocycles. The minimum Gasteiger partial charge on any atom is -0.497 e. The highest BCUT2D eigenvalue weighted by Crippen LogP contribution is 2.32. The molecule has 0 saturated carbocycles. The average molecular weight is 506 g/mol. The van der Waals surface area contributed by atoms with Crippen LogP contribution in [0.1, 0.15) is 21.6 Å². The highest BCUT2D eigenvalue weighted by atomic mass is 16.5. The number of rotatable bonds is 8. The molecule has 2 aromatic carbocycles. The molecule has 1 amide bonds. The largest absolute Gasteiger partial charge is 0.497 e. The van der Waals surface area contributed by atoms with Gasteiger partial charge >= 0.3 is 0 Å². The second-order valence-corrected chi connectivity index (χ2v) is 7.90. The minimum absolute atomic E-state index is 0.0286. The van der Waals surface area contributed by atoms with Crippen LogP contribution in [0.3, 0.4) is 0 Å². The lowest BCUT2D eigenvalue weighted by Gasteiger charge is -2.13. The lowest BCUT2D eigenvalue weighted by Crippen LogP contribution is -2.22. The van der Waals surface area contributed by atoms with Crippen molar-refractivity contribution < 1.29 is 33.3 Å². The molecule has 2 aromatic heterocycles. The summed E-state index contributed by atoms with van der Waals surface area (Å²) in [5.74, 6) is 1.50. The first-order valence-corrected chi connectivity index (χ1v) is 11.3. The summed E-state index contributed by atoms with van der Waals surface area (Å²) in [6, 6.07) is 11.8. The molecule has 0 atom stereocenters. The number of aliphatic hydroxyl groups is 1. The van der Waals surface area contributed by atoms with E-state index in [1.807, 2.05) is 0 Å². The average Bonchev–Trinajstić information content (AvgIpc) is 2.93. The van der Waals surface area contributed by atoms with Gasteiger partial charge in [-0.1, -0.05) is 0 Å². The number of fused-ring (bicyclic) bond motifs is 1. The second-order valence-electron chi connectivity index (χ2n) is 7.90. The summed E-state index contributed by atoms with van der Waals surface area (Å²) in [6.45, 7) is 1.49.